The van der Waals surface area contributed by atoms with E-state index >= 15 is 0 Å². The normalized spacial score (nSPS) is 11.2. The smallest absolute Gasteiger partial charge is 0.336 e. The first-order chi connectivity index (χ1) is 17.1. The van der Waals surface area contributed by atoms with Gasteiger partial charge in [-0.15, -0.1) is 0 Å². The monoisotopic (exact) mass is 488 g/mol. The van der Waals surface area contributed by atoms with Crippen LogP contribution in [0.3, 0.4) is 0 Å². The SMILES string of the molecule is COc1cc(C=C(C(=O)O)c2ccc(C=Cc3cc(OC(C)=O)cc(OC(C)=O)c3)cc2)ccc1O. The van der Waals surface area contributed by atoms with E-state index in [0.717, 1.165) is 5.56 Å². The van der Waals surface area contributed by atoms with Crippen LogP contribution in [0.4, 0.5) is 0 Å². The van der Waals surface area contributed by atoms with E-state index in [1.54, 1.807) is 60.7 Å². The Hall–Kier alpha value is -4.85. The minimum atomic E-state index is -1.11. The minimum Gasteiger partial charge on any atom is -0.504 e. The molecule has 0 atom stereocenters. The van der Waals surface area contributed by atoms with Gasteiger partial charge in [-0.25, -0.2) is 4.79 Å². The average Bonchev–Trinajstić information content (AvgIpc) is 2.81. The zero-order valence-electron chi connectivity index (χ0n) is 19.8. The third-order valence-electron chi connectivity index (χ3n) is 4.86. The molecule has 0 aliphatic heterocycles. The number of hydrogen-bond donors (Lipinski definition) is 2. The zero-order chi connectivity index (χ0) is 26.2. The van der Waals surface area contributed by atoms with Crippen molar-refractivity contribution in [3.05, 3.63) is 82.9 Å². The second-order valence-electron chi connectivity index (χ2n) is 7.67. The molecule has 3 aromatic rings. The van der Waals surface area contributed by atoms with Gasteiger partial charge in [-0.05, 0) is 52.6 Å². The number of hydrogen-bond acceptors (Lipinski definition) is 7. The molecule has 0 saturated heterocycles. The van der Waals surface area contributed by atoms with Crippen molar-refractivity contribution < 1.29 is 38.8 Å². The van der Waals surface area contributed by atoms with Crippen LogP contribution in [0.1, 0.15) is 36.1 Å². The molecule has 0 spiro atoms. The highest BCUT2D eigenvalue weighted by molar-refractivity contribution is 6.20. The molecule has 36 heavy (non-hydrogen) atoms. The quantitative estimate of drug-likeness (QED) is 0.196. The van der Waals surface area contributed by atoms with Crippen molar-refractivity contribution in [1.29, 1.82) is 0 Å². The predicted molar refractivity (Wildman–Crippen MR) is 135 cm³/mol. The molecule has 0 heterocycles. The standard InChI is InChI=1S/C28H24O8/c1-17(29)35-23-12-20(13-24(16-23)36-18(2)30)5-4-19-6-9-22(10-7-19)25(28(32)33)14-21-8-11-26(31)27(15-21)34-3/h4-16,31H,1-3H3,(H,32,33). The number of carbonyl (C=O) groups is 3. The van der Waals surface area contributed by atoms with E-state index in [4.69, 9.17) is 14.2 Å². The summed E-state index contributed by atoms with van der Waals surface area (Å²) >= 11 is 0. The molecule has 3 rings (SSSR count). The van der Waals surface area contributed by atoms with E-state index in [0.29, 0.717) is 16.7 Å². The number of phenolic OH excluding ortho intramolecular Hbond substituents is 1. The van der Waals surface area contributed by atoms with Crippen molar-refractivity contribution in [2.45, 2.75) is 13.8 Å². The predicted octanol–water partition coefficient (Wildman–Crippen LogP) is 5.05. The lowest BCUT2D eigenvalue weighted by atomic mass is 10.0. The lowest BCUT2D eigenvalue weighted by Crippen LogP contribution is -2.04. The summed E-state index contributed by atoms with van der Waals surface area (Å²) in [4.78, 5) is 34.5. The van der Waals surface area contributed by atoms with Crippen molar-refractivity contribution in [3.63, 3.8) is 0 Å². The van der Waals surface area contributed by atoms with Crippen LogP contribution in [0.25, 0.3) is 23.8 Å². The van der Waals surface area contributed by atoms with Crippen LogP contribution in [0.2, 0.25) is 0 Å². The van der Waals surface area contributed by atoms with Gasteiger partial charge >= 0.3 is 17.9 Å². The van der Waals surface area contributed by atoms with Crippen molar-refractivity contribution in [2.24, 2.45) is 0 Å². The van der Waals surface area contributed by atoms with Crippen LogP contribution in [-0.2, 0) is 14.4 Å². The molecule has 0 saturated carbocycles. The summed E-state index contributed by atoms with van der Waals surface area (Å²) in [6.45, 7) is 2.54. The molecule has 0 radical (unpaired) electrons. The Balaban J connectivity index is 1.87. The fourth-order valence-electron chi connectivity index (χ4n) is 3.33. The first-order valence-corrected chi connectivity index (χ1v) is 10.8. The van der Waals surface area contributed by atoms with Gasteiger partial charge in [0.15, 0.2) is 11.5 Å². The summed E-state index contributed by atoms with van der Waals surface area (Å²) in [6, 6.07) is 16.1. The van der Waals surface area contributed by atoms with E-state index in [9.17, 15) is 24.6 Å². The average molecular weight is 488 g/mol. The molecule has 0 aliphatic rings. The lowest BCUT2D eigenvalue weighted by Gasteiger charge is -2.08. The molecule has 0 fully saturated rings. The third kappa shape index (κ3) is 7.07. The summed E-state index contributed by atoms with van der Waals surface area (Å²) in [5, 5.41) is 19.5. The fraction of sp³-hybridized carbons (Fsp3) is 0.107. The highest BCUT2D eigenvalue weighted by Crippen LogP contribution is 2.29. The number of rotatable bonds is 8. The van der Waals surface area contributed by atoms with Gasteiger partial charge in [-0.2, -0.15) is 0 Å². The molecule has 8 nitrogen and oxygen atoms in total. The number of phenols is 1. The van der Waals surface area contributed by atoms with Gasteiger partial charge in [-0.1, -0.05) is 42.5 Å². The molecular formula is C28H24O8. The largest absolute Gasteiger partial charge is 0.504 e. The van der Waals surface area contributed by atoms with Crippen LogP contribution in [0, 0.1) is 0 Å². The molecule has 2 N–H and O–H groups in total. The number of ether oxygens (including phenoxy) is 3. The van der Waals surface area contributed by atoms with Crippen LogP contribution in [0.5, 0.6) is 23.0 Å². The van der Waals surface area contributed by atoms with Crippen LogP contribution < -0.4 is 14.2 Å². The van der Waals surface area contributed by atoms with Crippen LogP contribution >= 0.6 is 0 Å². The highest BCUT2D eigenvalue weighted by atomic mass is 16.5. The maximum absolute atomic E-state index is 11.9. The number of aromatic hydroxyl groups is 1. The molecular weight excluding hydrogens is 464 g/mol. The van der Waals surface area contributed by atoms with Gasteiger partial charge in [0.25, 0.3) is 0 Å². The first kappa shape index (κ1) is 25.8. The fourth-order valence-corrected chi connectivity index (χ4v) is 3.33. The summed E-state index contributed by atoms with van der Waals surface area (Å²) in [6.07, 6.45) is 5.01. The van der Waals surface area contributed by atoms with E-state index in [1.807, 2.05) is 0 Å². The Bertz CT molecular complexity index is 1320. The highest BCUT2D eigenvalue weighted by Gasteiger charge is 2.12. The Morgan fingerprint density at radius 2 is 1.31 bits per heavy atom. The Morgan fingerprint density at radius 3 is 1.83 bits per heavy atom. The van der Waals surface area contributed by atoms with Crippen molar-refractivity contribution >= 4 is 41.7 Å². The number of benzene rings is 3. The third-order valence-corrected chi connectivity index (χ3v) is 4.86. The Labute approximate surface area is 207 Å². The van der Waals surface area contributed by atoms with Crippen LogP contribution in [-0.4, -0.2) is 35.2 Å². The lowest BCUT2D eigenvalue weighted by molar-refractivity contribution is -0.132. The first-order valence-electron chi connectivity index (χ1n) is 10.8. The molecule has 3 aromatic carbocycles. The van der Waals surface area contributed by atoms with Gasteiger partial charge in [0.1, 0.15) is 11.5 Å². The van der Waals surface area contributed by atoms with Crippen molar-refractivity contribution in [3.8, 4) is 23.0 Å². The van der Waals surface area contributed by atoms with E-state index in [-0.39, 0.29) is 28.6 Å². The van der Waals surface area contributed by atoms with Crippen molar-refractivity contribution in [1.82, 2.24) is 0 Å². The molecule has 0 amide bonds. The topological polar surface area (TPSA) is 119 Å². The molecule has 184 valence electrons. The van der Waals surface area contributed by atoms with Gasteiger partial charge < -0.3 is 24.4 Å². The van der Waals surface area contributed by atoms with E-state index in [1.165, 1.54) is 39.2 Å². The molecule has 0 bridgehead atoms. The Morgan fingerprint density at radius 1 is 0.750 bits per heavy atom. The molecule has 0 unspecified atom stereocenters. The summed E-state index contributed by atoms with van der Waals surface area (Å²) in [5.41, 5.74) is 2.52. The van der Waals surface area contributed by atoms with Gasteiger partial charge in [-0.3, -0.25) is 9.59 Å². The molecule has 0 aliphatic carbocycles. The molecule has 8 heteroatoms. The van der Waals surface area contributed by atoms with Gasteiger partial charge in [0, 0.05) is 19.9 Å². The zero-order valence-corrected chi connectivity index (χ0v) is 19.8. The van der Waals surface area contributed by atoms with Crippen molar-refractivity contribution in [2.75, 3.05) is 7.11 Å². The van der Waals surface area contributed by atoms with Gasteiger partial charge in [0.05, 0.1) is 12.7 Å². The second-order valence-corrected chi connectivity index (χ2v) is 7.67. The maximum Gasteiger partial charge on any atom is 0.336 e. The number of carbonyl (C=O) groups excluding carboxylic acids is 2. The maximum atomic E-state index is 11.9. The minimum absolute atomic E-state index is 0.0407. The Kier molecular flexibility index (Phi) is 8.25. The number of carboxylic acid groups (broad SMARTS) is 1. The van der Waals surface area contributed by atoms with E-state index in [2.05, 4.69) is 0 Å². The number of aliphatic carboxylic acids is 1. The summed E-state index contributed by atoms with van der Waals surface area (Å²) in [7, 11) is 1.41. The van der Waals surface area contributed by atoms with Gasteiger partial charge in [0.2, 0.25) is 0 Å². The summed E-state index contributed by atoms with van der Waals surface area (Å²) in [5.74, 6) is -1.45. The van der Waals surface area contributed by atoms with Crippen LogP contribution in [0.15, 0.2) is 60.7 Å². The number of carboxylic acids is 1. The summed E-state index contributed by atoms with van der Waals surface area (Å²) < 4.78 is 15.3. The number of methoxy groups -OCH3 is 1. The number of esters is 2. The molecule has 0 aromatic heterocycles. The van der Waals surface area contributed by atoms with E-state index < -0.39 is 17.9 Å². The second kappa shape index (κ2) is 11.5.